The molecule has 0 saturated carbocycles. The zero-order valence-corrected chi connectivity index (χ0v) is 20.2. The molecule has 1 fully saturated rings. The number of nitrogens with one attached hydrogen (secondary N) is 1. The minimum Gasteiger partial charge on any atom is -0.296 e. The van der Waals surface area contributed by atoms with Gasteiger partial charge in [0, 0.05) is 29.4 Å². The molecule has 2 heterocycles. The average Bonchev–Trinajstić information content (AvgIpc) is 3.26. The van der Waals surface area contributed by atoms with Crippen LogP contribution in [0.5, 0.6) is 0 Å². The fourth-order valence-electron chi connectivity index (χ4n) is 3.28. The smallest absolute Gasteiger partial charge is 0.257 e. The predicted molar refractivity (Wildman–Crippen MR) is 128 cm³/mol. The summed E-state index contributed by atoms with van der Waals surface area (Å²) < 4.78 is 27.7. The molecular formula is C21H21ClN4O3S3. The first-order valence-electron chi connectivity index (χ1n) is 10.0. The maximum Gasteiger partial charge on any atom is 0.257 e. The predicted octanol–water partition coefficient (Wildman–Crippen LogP) is 4.91. The van der Waals surface area contributed by atoms with E-state index in [0.717, 1.165) is 24.8 Å². The molecule has 0 radical (unpaired) electrons. The van der Waals surface area contributed by atoms with Crippen LogP contribution in [-0.2, 0) is 15.8 Å². The molecule has 2 aromatic carbocycles. The van der Waals surface area contributed by atoms with Crippen LogP contribution in [0.4, 0.5) is 5.13 Å². The van der Waals surface area contributed by atoms with Crippen molar-refractivity contribution in [1.82, 2.24) is 14.5 Å². The fraction of sp³-hybridized carbons (Fsp3) is 0.286. The third-order valence-electron chi connectivity index (χ3n) is 5.01. The third-order valence-corrected chi connectivity index (χ3v) is 9.31. The van der Waals surface area contributed by atoms with Crippen LogP contribution in [0.15, 0.2) is 57.8 Å². The van der Waals surface area contributed by atoms with E-state index in [9.17, 15) is 13.2 Å². The molecule has 3 aromatic rings. The SMILES string of the molecule is O=C(Nc1nnc(SCc2ccccc2Cl)s1)c1ccc(S(=O)(=O)N2CCCCC2)cc1. The molecule has 7 nitrogen and oxygen atoms in total. The van der Waals surface area contributed by atoms with Gasteiger partial charge in [0.1, 0.15) is 0 Å². The number of nitrogens with zero attached hydrogens (tertiary/aromatic N) is 3. The monoisotopic (exact) mass is 508 g/mol. The zero-order chi connectivity index (χ0) is 22.6. The van der Waals surface area contributed by atoms with Crippen molar-refractivity contribution in [2.75, 3.05) is 18.4 Å². The van der Waals surface area contributed by atoms with Crippen LogP contribution in [0.1, 0.15) is 35.2 Å². The number of amides is 1. The summed E-state index contributed by atoms with van der Waals surface area (Å²) in [7, 11) is -3.52. The van der Waals surface area contributed by atoms with Gasteiger partial charge in [0.15, 0.2) is 4.34 Å². The lowest BCUT2D eigenvalue weighted by Gasteiger charge is -2.25. The molecule has 0 bridgehead atoms. The zero-order valence-electron chi connectivity index (χ0n) is 17.0. The second-order valence-corrected chi connectivity index (χ2v) is 11.7. The number of anilines is 1. The Morgan fingerprint density at radius 2 is 1.78 bits per heavy atom. The van der Waals surface area contributed by atoms with Gasteiger partial charge in [-0.3, -0.25) is 10.1 Å². The van der Waals surface area contributed by atoms with Gasteiger partial charge in [0.05, 0.1) is 4.90 Å². The van der Waals surface area contributed by atoms with Crippen LogP contribution < -0.4 is 5.32 Å². The summed E-state index contributed by atoms with van der Waals surface area (Å²) in [4.78, 5) is 12.8. The van der Waals surface area contributed by atoms with E-state index in [1.807, 2.05) is 24.3 Å². The number of aromatic nitrogens is 2. The van der Waals surface area contributed by atoms with Gasteiger partial charge in [-0.25, -0.2) is 8.42 Å². The molecule has 0 atom stereocenters. The van der Waals surface area contributed by atoms with Crippen molar-refractivity contribution in [1.29, 1.82) is 0 Å². The van der Waals surface area contributed by atoms with Gasteiger partial charge in [0.25, 0.3) is 5.91 Å². The number of halogens is 1. The van der Waals surface area contributed by atoms with Crippen molar-refractivity contribution < 1.29 is 13.2 Å². The lowest BCUT2D eigenvalue weighted by atomic mass is 10.2. The van der Waals surface area contributed by atoms with E-state index in [1.165, 1.54) is 51.7 Å². The molecule has 1 aromatic heterocycles. The van der Waals surface area contributed by atoms with Crippen molar-refractivity contribution in [2.24, 2.45) is 0 Å². The van der Waals surface area contributed by atoms with E-state index in [1.54, 1.807) is 0 Å². The molecular weight excluding hydrogens is 488 g/mol. The Labute approximate surface area is 200 Å². The molecule has 1 N–H and O–H groups in total. The highest BCUT2D eigenvalue weighted by atomic mass is 35.5. The maximum atomic E-state index is 12.7. The van der Waals surface area contributed by atoms with Gasteiger partial charge in [-0.1, -0.05) is 59.3 Å². The quantitative estimate of drug-likeness (QED) is 0.360. The van der Waals surface area contributed by atoms with E-state index >= 15 is 0 Å². The first kappa shape index (κ1) is 23.2. The summed E-state index contributed by atoms with van der Waals surface area (Å²) in [6.45, 7) is 1.08. The van der Waals surface area contributed by atoms with E-state index < -0.39 is 10.0 Å². The van der Waals surface area contributed by atoms with Crippen molar-refractivity contribution in [3.63, 3.8) is 0 Å². The van der Waals surface area contributed by atoms with E-state index in [0.29, 0.717) is 38.9 Å². The number of rotatable bonds is 7. The summed E-state index contributed by atoms with van der Waals surface area (Å²) >= 11 is 8.93. The molecule has 1 aliphatic heterocycles. The van der Waals surface area contributed by atoms with Gasteiger partial charge in [0.2, 0.25) is 15.2 Å². The number of thioether (sulfide) groups is 1. The van der Waals surface area contributed by atoms with Crippen molar-refractivity contribution >= 4 is 55.8 Å². The summed E-state index contributed by atoms with van der Waals surface area (Å²) in [5.74, 6) is 0.278. The van der Waals surface area contributed by atoms with Crippen LogP contribution in [0.25, 0.3) is 0 Å². The first-order valence-corrected chi connectivity index (χ1v) is 13.7. The summed E-state index contributed by atoms with van der Waals surface area (Å²) in [5.41, 5.74) is 1.35. The second-order valence-electron chi connectivity index (χ2n) is 7.20. The van der Waals surface area contributed by atoms with Gasteiger partial charge >= 0.3 is 0 Å². The van der Waals surface area contributed by atoms with E-state index in [4.69, 9.17) is 11.6 Å². The Hall–Kier alpha value is -1.98. The number of carbonyl (C=O) groups is 1. The Morgan fingerprint density at radius 1 is 1.06 bits per heavy atom. The highest BCUT2D eigenvalue weighted by Gasteiger charge is 2.26. The van der Waals surface area contributed by atoms with Crippen LogP contribution in [0.2, 0.25) is 5.02 Å². The topological polar surface area (TPSA) is 92.3 Å². The number of benzene rings is 2. The van der Waals surface area contributed by atoms with Crippen molar-refractivity contribution in [3.8, 4) is 0 Å². The lowest BCUT2D eigenvalue weighted by molar-refractivity contribution is 0.102. The number of sulfonamides is 1. The summed E-state index contributed by atoms with van der Waals surface area (Å²) in [6.07, 6.45) is 2.80. The van der Waals surface area contributed by atoms with Gasteiger partial charge in [-0.15, -0.1) is 10.2 Å². The van der Waals surface area contributed by atoms with Crippen LogP contribution >= 0.6 is 34.7 Å². The Bertz CT molecular complexity index is 1190. The van der Waals surface area contributed by atoms with Crippen molar-refractivity contribution in [3.05, 3.63) is 64.7 Å². The van der Waals surface area contributed by atoms with Crippen LogP contribution in [0.3, 0.4) is 0 Å². The number of piperidine rings is 1. The molecule has 1 aliphatic rings. The minimum absolute atomic E-state index is 0.199. The van der Waals surface area contributed by atoms with Gasteiger partial charge < -0.3 is 0 Å². The Kier molecular flexibility index (Phi) is 7.47. The normalized spacial score (nSPS) is 14.9. The van der Waals surface area contributed by atoms with Crippen LogP contribution in [0, 0.1) is 0 Å². The lowest BCUT2D eigenvalue weighted by Crippen LogP contribution is -2.35. The van der Waals surface area contributed by atoms with Crippen LogP contribution in [-0.4, -0.2) is 41.9 Å². The molecule has 0 spiro atoms. The summed E-state index contributed by atoms with van der Waals surface area (Å²) in [6, 6.07) is 13.6. The molecule has 168 valence electrons. The minimum atomic E-state index is -3.52. The number of hydrogen-bond donors (Lipinski definition) is 1. The molecule has 11 heteroatoms. The fourth-order valence-corrected chi connectivity index (χ4v) is 6.83. The largest absolute Gasteiger partial charge is 0.296 e. The highest BCUT2D eigenvalue weighted by Crippen LogP contribution is 2.30. The molecule has 32 heavy (non-hydrogen) atoms. The van der Waals surface area contributed by atoms with Crippen molar-refractivity contribution in [2.45, 2.75) is 34.3 Å². The second kappa shape index (κ2) is 10.3. The molecule has 1 amide bonds. The van der Waals surface area contributed by atoms with E-state index in [2.05, 4.69) is 15.5 Å². The Balaban J connectivity index is 1.36. The summed E-state index contributed by atoms with van der Waals surface area (Å²) in [5, 5.41) is 11.9. The standard InChI is InChI=1S/C21H21ClN4O3S3/c22-18-7-3-2-6-16(18)14-30-21-25-24-20(31-21)23-19(27)15-8-10-17(11-9-15)32(28,29)26-12-4-1-5-13-26/h2-3,6-11H,1,4-5,12-14H2,(H,23,24,27). The molecule has 1 saturated heterocycles. The third kappa shape index (κ3) is 5.49. The number of hydrogen-bond acceptors (Lipinski definition) is 7. The maximum absolute atomic E-state index is 12.7. The van der Waals surface area contributed by atoms with Gasteiger partial charge in [-0.2, -0.15) is 4.31 Å². The average molecular weight is 509 g/mol. The van der Waals surface area contributed by atoms with Gasteiger partial charge in [-0.05, 0) is 48.7 Å². The van der Waals surface area contributed by atoms with E-state index in [-0.39, 0.29) is 10.8 Å². The molecule has 0 aliphatic carbocycles. The molecule has 4 rings (SSSR count). The highest BCUT2D eigenvalue weighted by molar-refractivity contribution is 8.00. The Morgan fingerprint density at radius 3 is 2.50 bits per heavy atom. The number of carbonyl (C=O) groups excluding carboxylic acids is 1. The first-order chi connectivity index (χ1) is 15.4. The molecule has 0 unspecified atom stereocenters.